The van der Waals surface area contributed by atoms with Crippen LogP contribution >= 0.6 is 0 Å². The van der Waals surface area contributed by atoms with Crippen molar-refractivity contribution in [2.75, 3.05) is 37.8 Å². The minimum Gasteiger partial charge on any atom is -0.480 e. The number of benzene rings is 1. The van der Waals surface area contributed by atoms with Gasteiger partial charge in [0.1, 0.15) is 6.04 Å². The number of carboxylic acid groups (broad SMARTS) is 1. The lowest BCUT2D eigenvalue weighted by molar-refractivity contribution is -0.144. The van der Waals surface area contributed by atoms with Crippen LogP contribution in [0.3, 0.4) is 0 Å². The van der Waals surface area contributed by atoms with E-state index in [2.05, 4.69) is 10.3 Å². The highest BCUT2D eigenvalue weighted by molar-refractivity contribution is 7.88. The first kappa shape index (κ1) is 21.3. The third-order valence-electron chi connectivity index (χ3n) is 5.14. The first-order valence-electron chi connectivity index (χ1n) is 9.42. The molecule has 1 aromatic carbocycles. The molecule has 2 heterocycles. The summed E-state index contributed by atoms with van der Waals surface area (Å²) < 4.78 is 24.8. The van der Waals surface area contributed by atoms with Crippen molar-refractivity contribution in [2.24, 2.45) is 5.92 Å². The van der Waals surface area contributed by atoms with Crippen LogP contribution in [0.5, 0.6) is 0 Å². The Morgan fingerprint density at radius 2 is 1.83 bits per heavy atom. The second-order valence-electron chi connectivity index (χ2n) is 7.59. The molecule has 1 atom stereocenters. The highest BCUT2D eigenvalue weighted by atomic mass is 32.2. The van der Waals surface area contributed by atoms with Crippen LogP contribution in [0.1, 0.15) is 25.5 Å². The van der Waals surface area contributed by atoms with Gasteiger partial charge in [-0.2, -0.15) is 4.31 Å². The number of H-pyrrole nitrogens is 1. The predicted molar refractivity (Wildman–Crippen MR) is 110 cm³/mol. The Morgan fingerprint density at radius 3 is 2.38 bits per heavy atom. The van der Waals surface area contributed by atoms with E-state index in [1.807, 2.05) is 13.8 Å². The molecule has 1 aliphatic heterocycles. The highest BCUT2D eigenvalue weighted by Gasteiger charge is 2.33. The molecule has 1 fully saturated rings. The molecule has 1 aromatic heterocycles. The standard InChI is InChI=1S/C19H26N4O5S/c1-12(2)18(24)21-13-4-5-14-15(11-20-16(14)10-13)17(19(25)26)22-6-8-23(9-7-22)29(3,27)28/h4-5,10-12,17,20H,6-9H2,1-3H3,(H,21,24)(H,25,26). The molecular weight excluding hydrogens is 396 g/mol. The van der Waals surface area contributed by atoms with Crippen molar-refractivity contribution in [3.05, 3.63) is 30.0 Å². The van der Waals surface area contributed by atoms with Gasteiger partial charge in [0.15, 0.2) is 0 Å². The Kier molecular flexibility index (Phi) is 5.97. The number of aromatic amines is 1. The maximum absolute atomic E-state index is 12.1. The van der Waals surface area contributed by atoms with E-state index in [1.54, 1.807) is 29.3 Å². The van der Waals surface area contributed by atoms with E-state index in [1.165, 1.54) is 4.31 Å². The van der Waals surface area contributed by atoms with Crippen molar-refractivity contribution < 1.29 is 23.1 Å². The van der Waals surface area contributed by atoms with E-state index in [0.29, 0.717) is 24.3 Å². The third-order valence-corrected chi connectivity index (χ3v) is 6.44. The molecule has 10 heteroatoms. The van der Waals surface area contributed by atoms with Crippen LogP contribution < -0.4 is 5.32 Å². The molecule has 9 nitrogen and oxygen atoms in total. The number of hydrogen-bond donors (Lipinski definition) is 3. The lowest BCUT2D eigenvalue weighted by Gasteiger charge is -2.36. The van der Waals surface area contributed by atoms with Crippen LogP contribution in [0.4, 0.5) is 5.69 Å². The molecule has 0 saturated carbocycles. The summed E-state index contributed by atoms with van der Waals surface area (Å²) in [5.41, 5.74) is 1.97. The van der Waals surface area contributed by atoms with Crippen LogP contribution in [0, 0.1) is 5.92 Å². The average molecular weight is 423 g/mol. The molecule has 3 rings (SSSR count). The van der Waals surface area contributed by atoms with Crippen LogP contribution in [0.25, 0.3) is 10.9 Å². The van der Waals surface area contributed by atoms with Crippen molar-refractivity contribution in [1.82, 2.24) is 14.2 Å². The van der Waals surface area contributed by atoms with E-state index in [4.69, 9.17) is 0 Å². The Balaban J connectivity index is 1.85. The molecule has 1 aliphatic rings. The Bertz CT molecular complexity index is 1020. The van der Waals surface area contributed by atoms with Gasteiger partial charge in [0.25, 0.3) is 0 Å². The van der Waals surface area contributed by atoms with E-state index in [9.17, 15) is 23.1 Å². The summed E-state index contributed by atoms with van der Waals surface area (Å²) in [5, 5.41) is 13.5. The van der Waals surface area contributed by atoms with Crippen molar-refractivity contribution >= 4 is 38.5 Å². The monoisotopic (exact) mass is 422 g/mol. The Morgan fingerprint density at radius 1 is 1.17 bits per heavy atom. The SMILES string of the molecule is CC(C)C(=O)Nc1ccc2c(C(C(=O)O)N3CCN(S(C)(=O)=O)CC3)c[nH]c2c1. The quantitative estimate of drug-likeness (QED) is 0.648. The van der Waals surface area contributed by atoms with E-state index in [-0.39, 0.29) is 24.9 Å². The number of rotatable bonds is 6. The number of hydrogen-bond acceptors (Lipinski definition) is 5. The zero-order chi connectivity index (χ0) is 21.3. The molecule has 0 aliphatic carbocycles. The number of sulfonamides is 1. The lowest BCUT2D eigenvalue weighted by atomic mass is 10.0. The predicted octanol–water partition coefficient (Wildman–Crippen LogP) is 1.47. The smallest absolute Gasteiger partial charge is 0.325 e. The molecule has 158 valence electrons. The normalized spacial score (nSPS) is 17.5. The number of carbonyl (C=O) groups excluding carboxylic acids is 1. The fourth-order valence-corrected chi connectivity index (χ4v) is 4.35. The minimum absolute atomic E-state index is 0.0942. The van der Waals surface area contributed by atoms with Gasteiger partial charge in [-0.25, -0.2) is 8.42 Å². The van der Waals surface area contributed by atoms with E-state index < -0.39 is 22.0 Å². The maximum atomic E-state index is 12.1. The molecule has 0 radical (unpaired) electrons. The molecule has 3 N–H and O–H groups in total. The number of carboxylic acids is 1. The van der Waals surface area contributed by atoms with Crippen molar-refractivity contribution in [1.29, 1.82) is 0 Å². The van der Waals surface area contributed by atoms with E-state index in [0.717, 1.165) is 17.2 Å². The fourth-order valence-electron chi connectivity index (χ4n) is 3.52. The van der Waals surface area contributed by atoms with Gasteiger partial charge in [0, 0.05) is 60.4 Å². The number of piperazine rings is 1. The van der Waals surface area contributed by atoms with Gasteiger partial charge in [0.05, 0.1) is 6.26 Å². The Labute approximate surface area is 169 Å². The van der Waals surface area contributed by atoms with Gasteiger partial charge in [0.2, 0.25) is 15.9 Å². The van der Waals surface area contributed by atoms with Crippen LogP contribution in [0.2, 0.25) is 0 Å². The summed E-state index contributed by atoms with van der Waals surface area (Å²) in [4.78, 5) is 28.8. The number of nitrogens with one attached hydrogen (secondary N) is 2. The number of fused-ring (bicyclic) bond motifs is 1. The van der Waals surface area contributed by atoms with Crippen molar-refractivity contribution in [3.8, 4) is 0 Å². The zero-order valence-electron chi connectivity index (χ0n) is 16.7. The summed E-state index contributed by atoms with van der Waals surface area (Å²) in [6, 6.07) is 4.43. The van der Waals surface area contributed by atoms with Gasteiger partial charge in [-0.1, -0.05) is 19.9 Å². The van der Waals surface area contributed by atoms with Crippen LogP contribution in [0.15, 0.2) is 24.4 Å². The van der Waals surface area contributed by atoms with E-state index >= 15 is 0 Å². The van der Waals surface area contributed by atoms with Gasteiger partial charge in [-0.15, -0.1) is 0 Å². The molecule has 0 bridgehead atoms. The van der Waals surface area contributed by atoms with Gasteiger partial charge < -0.3 is 15.4 Å². The number of aromatic nitrogens is 1. The minimum atomic E-state index is -3.29. The number of carbonyl (C=O) groups is 2. The second-order valence-corrected chi connectivity index (χ2v) is 9.57. The summed E-state index contributed by atoms with van der Waals surface area (Å²) >= 11 is 0. The molecule has 1 saturated heterocycles. The summed E-state index contributed by atoms with van der Waals surface area (Å²) in [6.07, 6.45) is 2.83. The molecule has 1 amide bonds. The number of aliphatic carboxylic acids is 1. The maximum Gasteiger partial charge on any atom is 0.325 e. The summed E-state index contributed by atoms with van der Waals surface area (Å²) in [6.45, 7) is 4.80. The van der Waals surface area contributed by atoms with Crippen molar-refractivity contribution in [3.63, 3.8) is 0 Å². The lowest BCUT2D eigenvalue weighted by Crippen LogP contribution is -2.50. The first-order chi connectivity index (χ1) is 13.6. The molecule has 2 aromatic rings. The van der Waals surface area contributed by atoms with Gasteiger partial charge >= 0.3 is 5.97 Å². The molecular formula is C19H26N4O5S. The number of nitrogens with zero attached hydrogens (tertiary/aromatic N) is 2. The fraction of sp³-hybridized carbons (Fsp3) is 0.474. The summed E-state index contributed by atoms with van der Waals surface area (Å²) in [7, 11) is -3.29. The van der Waals surface area contributed by atoms with Crippen LogP contribution in [-0.4, -0.2) is 72.0 Å². The van der Waals surface area contributed by atoms with Gasteiger partial charge in [-0.05, 0) is 12.1 Å². The average Bonchev–Trinajstić information content (AvgIpc) is 3.04. The summed E-state index contributed by atoms with van der Waals surface area (Å²) in [5.74, 6) is -1.23. The zero-order valence-corrected chi connectivity index (χ0v) is 17.5. The highest BCUT2D eigenvalue weighted by Crippen LogP contribution is 2.31. The number of amides is 1. The van der Waals surface area contributed by atoms with Crippen LogP contribution in [-0.2, 0) is 19.6 Å². The first-order valence-corrected chi connectivity index (χ1v) is 11.3. The van der Waals surface area contributed by atoms with Gasteiger partial charge in [-0.3, -0.25) is 14.5 Å². The number of anilines is 1. The molecule has 29 heavy (non-hydrogen) atoms. The topological polar surface area (TPSA) is 123 Å². The molecule has 0 spiro atoms. The second kappa shape index (κ2) is 8.13. The Hall–Kier alpha value is -2.43. The van der Waals surface area contributed by atoms with Crippen molar-refractivity contribution in [2.45, 2.75) is 19.9 Å². The third kappa shape index (κ3) is 4.60. The molecule has 1 unspecified atom stereocenters. The largest absolute Gasteiger partial charge is 0.480 e.